The van der Waals surface area contributed by atoms with Crippen LogP contribution in [0.1, 0.15) is 5.56 Å². The lowest BCUT2D eigenvalue weighted by molar-refractivity contribution is 0.146. The van der Waals surface area contributed by atoms with Crippen LogP contribution in [0.15, 0.2) is 72.9 Å². The van der Waals surface area contributed by atoms with Gasteiger partial charge in [-0.15, -0.1) is 5.10 Å². The highest BCUT2D eigenvalue weighted by Gasteiger charge is 2.09. The highest BCUT2D eigenvalue weighted by atomic mass is 16.5. The Hall–Kier alpha value is -4.04. The SMILES string of the molecule is COCCOc1cccc(Nc2ccc3nnn(Cc4ccc5ncccc5c4)c3n2)c1. The Morgan fingerprint density at radius 3 is 2.81 bits per heavy atom. The number of anilines is 2. The maximum absolute atomic E-state index is 5.68. The average molecular weight is 426 g/mol. The molecule has 0 atom stereocenters. The minimum absolute atomic E-state index is 0.500. The smallest absolute Gasteiger partial charge is 0.180 e. The number of fused-ring (bicyclic) bond motifs is 2. The molecule has 0 saturated carbocycles. The maximum Gasteiger partial charge on any atom is 0.180 e. The van der Waals surface area contributed by atoms with Gasteiger partial charge in [-0.05, 0) is 48.0 Å². The molecule has 160 valence electrons. The highest BCUT2D eigenvalue weighted by molar-refractivity contribution is 5.79. The third kappa shape index (κ3) is 4.35. The van der Waals surface area contributed by atoms with E-state index in [4.69, 9.17) is 14.5 Å². The van der Waals surface area contributed by atoms with Gasteiger partial charge in [-0.25, -0.2) is 9.67 Å². The van der Waals surface area contributed by atoms with Crippen LogP contribution in [0.2, 0.25) is 0 Å². The number of hydrogen-bond acceptors (Lipinski definition) is 7. The Labute approximate surface area is 184 Å². The summed E-state index contributed by atoms with van der Waals surface area (Å²) in [4.78, 5) is 9.12. The van der Waals surface area contributed by atoms with Gasteiger partial charge in [-0.2, -0.15) is 0 Å². The Morgan fingerprint density at radius 1 is 0.938 bits per heavy atom. The van der Waals surface area contributed by atoms with E-state index in [1.54, 1.807) is 13.3 Å². The first-order valence-electron chi connectivity index (χ1n) is 10.3. The molecule has 0 fully saturated rings. The average Bonchev–Trinajstić information content (AvgIpc) is 3.21. The quantitative estimate of drug-likeness (QED) is 0.372. The van der Waals surface area contributed by atoms with Gasteiger partial charge >= 0.3 is 0 Å². The fourth-order valence-corrected chi connectivity index (χ4v) is 3.48. The molecule has 0 bridgehead atoms. The minimum atomic E-state index is 0.500. The molecule has 0 amide bonds. The third-order valence-electron chi connectivity index (χ3n) is 5.02. The van der Waals surface area contributed by atoms with Gasteiger partial charge in [-0.1, -0.05) is 23.4 Å². The van der Waals surface area contributed by atoms with Gasteiger partial charge in [0, 0.05) is 30.4 Å². The first-order chi connectivity index (χ1) is 15.8. The number of ether oxygens (including phenoxy) is 2. The summed E-state index contributed by atoms with van der Waals surface area (Å²) < 4.78 is 12.5. The first kappa shape index (κ1) is 19.9. The molecule has 3 heterocycles. The van der Waals surface area contributed by atoms with Crippen LogP contribution < -0.4 is 10.1 Å². The van der Waals surface area contributed by atoms with Crippen molar-refractivity contribution < 1.29 is 9.47 Å². The lowest BCUT2D eigenvalue weighted by Gasteiger charge is -2.10. The lowest BCUT2D eigenvalue weighted by Crippen LogP contribution is -2.05. The summed E-state index contributed by atoms with van der Waals surface area (Å²) in [6.45, 7) is 1.61. The summed E-state index contributed by atoms with van der Waals surface area (Å²) in [5, 5.41) is 13.0. The predicted molar refractivity (Wildman–Crippen MR) is 123 cm³/mol. The molecule has 3 aromatic heterocycles. The van der Waals surface area contributed by atoms with E-state index in [2.05, 4.69) is 38.8 Å². The summed E-state index contributed by atoms with van der Waals surface area (Å²) in [6.07, 6.45) is 1.80. The van der Waals surface area contributed by atoms with E-state index in [9.17, 15) is 0 Å². The van der Waals surface area contributed by atoms with Crippen LogP contribution in [0.25, 0.3) is 22.1 Å². The fraction of sp³-hybridized carbons (Fsp3) is 0.167. The molecule has 0 aliphatic carbocycles. The number of methoxy groups -OCH3 is 1. The number of nitrogens with one attached hydrogen (secondary N) is 1. The van der Waals surface area contributed by atoms with Crippen LogP contribution in [0.4, 0.5) is 11.5 Å². The predicted octanol–water partition coefficient (Wildman–Crippen LogP) is 4.19. The molecule has 0 aliphatic heterocycles. The van der Waals surface area contributed by atoms with E-state index in [1.807, 2.05) is 53.2 Å². The van der Waals surface area contributed by atoms with Crippen molar-refractivity contribution in [3.05, 3.63) is 78.5 Å². The maximum atomic E-state index is 5.68. The van der Waals surface area contributed by atoms with Gasteiger partial charge in [0.1, 0.15) is 23.7 Å². The van der Waals surface area contributed by atoms with Gasteiger partial charge < -0.3 is 14.8 Å². The molecule has 0 unspecified atom stereocenters. The van der Waals surface area contributed by atoms with Crippen molar-refractivity contribution in [2.24, 2.45) is 0 Å². The van der Waals surface area contributed by atoms with Crippen molar-refractivity contribution in [1.82, 2.24) is 25.0 Å². The molecule has 0 radical (unpaired) electrons. The zero-order valence-electron chi connectivity index (χ0n) is 17.6. The van der Waals surface area contributed by atoms with Crippen molar-refractivity contribution >= 4 is 33.6 Å². The Balaban J connectivity index is 1.37. The van der Waals surface area contributed by atoms with E-state index >= 15 is 0 Å². The van der Waals surface area contributed by atoms with E-state index in [0.717, 1.165) is 33.4 Å². The van der Waals surface area contributed by atoms with Gasteiger partial charge in [0.15, 0.2) is 5.65 Å². The molecule has 1 N–H and O–H groups in total. The molecule has 2 aromatic carbocycles. The van der Waals surface area contributed by atoms with Crippen molar-refractivity contribution in [3.8, 4) is 5.75 Å². The molecular weight excluding hydrogens is 404 g/mol. The Kier molecular flexibility index (Phi) is 5.59. The number of rotatable bonds is 8. The second kappa shape index (κ2) is 8.99. The molecule has 0 spiro atoms. The van der Waals surface area contributed by atoms with Gasteiger partial charge in [0.2, 0.25) is 0 Å². The summed E-state index contributed by atoms with van der Waals surface area (Å²) in [6, 6.07) is 21.7. The first-order valence-corrected chi connectivity index (χ1v) is 10.3. The number of aromatic nitrogens is 5. The van der Waals surface area contributed by atoms with Crippen molar-refractivity contribution in [1.29, 1.82) is 0 Å². The molecule has 32 heavy (non-hydrogen) atoms. The Morgan fingerprint density at radius 2 is 1.88 bits per heavy atom. The van der Waals surface area contributed by atoms with Crippen LogP contribution in [0.3, 0.4) is 0 Å². The van der Waals surface area contributed by atoms with Crippen LogP contribution in [-0.2, 0) is 11.3 Å². The van der Waals surface area contributed by atoms with Crippen molar-refractivity contribution in [2.75, 3.05) is 25.6 Å². The van der Waals surface area contributed by atoms with Crippen LogP contribution in [0.5, 0.6) is 5.75 Å². The molecule has 0 saturated heterocycles. The molecular formula is C24H22N6O2. The standard InChI is InChI=1S/C24H22N6O2/c1-31-12-13-32-20-6-2-5-19(15-20)26-23-10-9-22-24(27-23)30(29-28-22)16-17-7-8-21-18(14-17)4-3-11-25-21/h2-11,14-15H,12-13,16H2,1H3,(H,26,27). The molecule has 5 aromatic rings. The van der Waals surface area contributed by atoms with E-state index in [-0.39, 0.29) is 0 Å². The molecule has 0 aliphatic rings. The monoisotopic (exact) mass is 426 g/mol. The fourth-order valence-electron chi connectivity index (χ4n) is 3.48. The van der Waals surface area contributed by atoms with E-state index in [0.29, 0.717) is 31.2 Å². The van der Waals surface area contributed by atoms with Gasteiger partial charge in [0.05, 0.1) is 18.7 Å². The largest absolute Gasteiger partial charge is 0.491 e. The van der Waals surface area contributed by atoms with Crippen LogP contribution in [0, 0.1) is 0 Å². The second-order valence-electron chi connectivity index (χ2n) is 7.31. The van der Waals surface area contributed by atoms with Crippen LogP contribution >= 0.6 is 0 Å². The second-order valence-corrected chi connectivity index (χ2v) is 7.31. The van der Waals surface area contributed by atoms with Gasteiger partial charge in [-0.3, -0.25) is 4.98 Å². The molecule has 8 heteroatoms. The number of benzene rings is 2. The van der Waals surface area contributed by atoms with Crippen molar-refractivity contribution in [3.63, 3.8) is 0 Å². The van der Waals surface area contributed by atoms with E-state index < -0.39 is 0 Å². The number of hydrogen-bond donors (Lipinski definition) is 1. The zero-order chi connectivity index (χ0) is 21.8. The minimum Gasteiger partial charge on any atom is -0.491 e. The summed E-state index contributed by atoms with van der Waals surface area (Å²) in [5.41, 5.74) is 4.42. The zero-order valence-corrected chi connectivity index (χ0v) is 17.6. The van der Waals surface area contributed by atoms with E-state index in [1.165, 1.54) is 0 Å². The Bertz CT molecular complexity index is 1370. The number of nitrogens with zero attached hydrogens (tertiary/aromatic N) is 5. The third-order valence-corrected chi connectivity index (χ3v) is 5.02. The highest BCUT2D eigenvalue weighted by Crippen LogP contribution is 2.22. The normalized spacial score (nSPS) is 11.2. The van der Waals surface area contributed by atoms with Gasteiger partial charge in [0.25, 0.3) is 0 Å². The lowest BCUT2D eigenvalue weighted by atomic mass is 10.1. The van der Waals surface area contributed by atoms with Crippen molar-refractivity contribution in [2.45, 2.75) is 6.54 Å². The van der Waals surface area contributed by atoms with Crippen LogP contribution in [-0.4, -0.2) is 45.3 Å². The number of pyridine rings is 2. The molecule has 8 nitrogen and oxygen atoms in total. The summed E-state index contributed by atoms with van der Waals surface area (Å²) in [5.74, 6) is 1.48. The molecule has 5 rings (SSSR count). The summed E-state index contributed by atoms with van der Waals surface area (Å²) in [7, 11) is 1.65. The summed E-state index contributed by atoms with van der Waals surface area (Å²) >= 11 is 0. The topological polar surface area (TPSA) is 87.0 Å².